The van der Waals surface area contributed by atoms with Crippen molar-refractivity contribution in [1.82, 2.24) is 0 Å². The maximum Gasteiger partial charge on any atom is 0.317 e. The molecule has 0 aromatic heterocycles. The van der Waals surface area contributed by atoms with E-state index in [9.17, 15) is 9.59 Å². The highest BCUT2D eigenvalue weighted by molar-refractivity contribution is 6.19. The summed E-state index contributed by atoms with van der Waals surface area (Å²) in [5.41, 5.74) is 2.17. The molecule has 1 saturated carbocycles. The molecule has 0 bridgehead atoms. The van der Waals surface area contributed by atoms with Gasteiger partial charge in [0, 0.05) is 17.9 Å². The molecule has 5 nitrogen and oxygen atoms in total. The van der Waals surface area contributed by atoms with Crippen molar-refractivity contribution in [3.05, 3.63) is 108 Å². The number of esters is 1. The number of fused-ring (bicyclic) bond motifs is 1. The van der Waals surface area contributed by atoms with Gasteiger partial charge >= 0.3 is 5.97 Å². The zero-order valence-corrected chi connectivity index (χ0v) is 18.4. The van der Waals surface area contributed by atoms with Gasteiger partial charge in [0.15, 0.2) is 11.4 Å². The molecular weight excluding hydrogens is 414 g/mol. The first-order chi connectivity index (χ1) is 16.2. The van der Waals surface area contributed by atoms with Crippen molar-refractivity contribution in [1.29, 1.82) is 0 Å². The van der Waals surface area contributed by atoms with Crippen LogP contribution in [-0.4, -0.2) is 24.1 Å². The second-order valence-electron chi connectivity index (χ2n) is 8.48. The third-order valence-corrected chi connectivity index (χ3v) is 6.66. The lowest BCUT2D eigenvalue weighted by molar-refractivity contribution is -0.162. The van der Waals surface area contributed by atoms with Crippen molar-refractivity contribution in [2.45, 2.75) is 24.9 Å². The molecule has 0 N–H and O–H groups in total. The number of nitrogens with zero attached hydrogens (tertiary/aromatic N) is 1. The second kappa shape index (κ2) is 8.66. The maximum absolute atomic E-state index is 14.2. The molecule has 5 rings (SSSR count). The third-order valence-electron chi connectivity index (χ3n) is 6.66. The van der Waals surface area contributed by atoms with Crippen LogP contribution in [0.3, 0.4) is 0 Å². The highest BCUT2D eigenvalue weighted by Crippen LogP contribution is 2.54. The van der Waals surface area contributed by atoms with E-state index in [-0.39, 0.29) is 18.3 Å². The van der Waals surface area contributed by atoms with E-state index in [4.69, 9.17) is 9.57 Å². The Kier molecular flexibility index (Phi) is 5.55. The van der Waals surface area contributed by atoms with Gasteiger partial charge < -0.3 is 9.57 Å². The number of carbonyl (C=O) groups excluding carboxylic acids is 2. The van der Waals surface area contributed by atoms with Gasteiger partial charge in [-0.2, -0.15) is 0 Å². The van der Waals surface area contributed by atoms with Crippen molar-refractivity contribution >= 4 is 17.5 Å². The van der Waals surface area contributed by atoms with Gasteiger partial charge in [-0.15, -0.1) is 0 Å². The topological polar surface area (TPSA) is 65.0 Å². The minimum atomic E-state index is -0.993. The second-order valence-corrected chi connectivity index (χ2v) is 8.48. The van der Waals surface area contributed by atoms with E-state index in [0.29, 0.717) is 12.1 Å². The molecule has 1 heterocycles. The predicted octanol–water partition coefficient (Wildman–Crippen LogP) is 4.87. The minimum absolute atomic E-state index is 0.211. The van der Waals surface area contributed by atoms with E-state index in [1.54, 1.807) is 6.92 Å². The Hall–Kier alpha value is -3.73. The molecule has 0 spiro atoms. The summed E-state index contributed by atoms with van der Waals surface area (Å²) in [6.45, 7) is 1.97. The van der Waals surface area contributed by atoms with Gasteiger partial charge in [-0.25, -0.2) is 0 Å². The number of ketones is 1. The largest absolute Gasteiger partial charge is 0.465 e. The molecule has 2 unspecified atom stereocenters. The Labute approximate surface area is 193 Å². The van der Waals surface area contributed by atoms with Crippen LogP contribution in [0.25, 0.3) is 0 Å². The molecule has 1 aliphatic carbocycles. The number of hydrogen-bond donors (Lipinski definition) is 0. The lowest BCUT2D eigenvalue weighted by Gasteiger charge is -2.43. The summed E-state index contributed by atoms with van der Waals surface area (Å²) in [6.07, 6.45) is 0.431. The Bertz CT molecular complexity index is 1180. The van der Waals surface area contributed by atoms with Crippen LogP contribution in [0.5, 0.6) is 0 Å². The Morgan fingerprint density at radius 2 is 1.58 bits per heavy atom. The Balaban J connectivity index is 1.68. The number of carbonyl (C=O) groups is 2. The number of Topliss-reactive ketones (excluding diaryl/α,β-unsaturated/α-hetero) is 1. The number of hydrogen-bond acceptors (Lipinski definition) is 5. The van der Waals surface area contributed by atoms with Crippen LogP contribution in [0.15, 0.2) is 96.2 Å². The van der Waals surface area contributed by atoms with Gasteiger partial charge in [-0.05, 0) is 18.1 Å². The molecule has 33 heavy (non-hydrogen) atoms. The van der Waals surface area contributed by atoms with Gasteiger partial charge in [0.25, 0.3) is 0 Å². The number of ether oxygens (including phenoxy) is 1. The molecule has 5 heteroatoms. The SMILES string of the molecule is CCOC(=O)C1C(=O)[C@H]2C(c3ccccc3)=NO[C@]2(c2ccccc2)CC1c1ccccc1. The highest BCUT2D eigenvalue weighted by Gasteiger charge is 2.63. The lowest BCUT2D eigenvalue weighted by Crippen LogP contribution is -2.53. The zero-order chi connectivity index (χ0) is 22.8. The molecule has 2 aliphatic rings. The lowest BCUT2D eigenvalue weighted by atomic mass is 9.59. The summed E-state index contributed by atoms with van der Waals surface area (Å²) in [6, 6.07) is 29.0. The fourth-order valence-corrected chi connectivity index (χ4v) is 5.21. The smallest absolute Gasteiger partial charge is 0.317 e. The molecule has 3 aromatic rings. The quantitative estimate of drug-likeness (QED) is 0.420. The Morgan fingerprint density at radius 1 is 0.970 bits per heavy atom. The first-order valence-electron chi connectivity index (χ1n) is 11.3. The predicted molar refractivity (Wildman–Crippen MR) is 125 cm³/mol. The fraction of sp³-hybridized carbons (Fsp3) is 0.250. The normalized spacial score (nSPS) is 26.2. The van der Waals surface area contributed by atoms with Gasteiger partial charge in [0.1, 0.15) is 17.5 Å². The molecule has 1 fully saturated rings. The van der Waals surface area contributed by atoms with Crippen molar-refractivity contribution in [2.75, 3.05) is 6.61 Å². The maximum atomic E-state index is 14.2. The molecule has 0 saturated heterocycles. The molecule has 4 atom stereocenters. The molecule has 1 aliphatic heterocycles. The molecule has 3 aromatic carbocycles. The minimum Gasteiger partial charge on any atom is -0.465 e. The van der Waals surface area contributed by atoms with Crippen LogP contribution in [0.2, 0.25) is 0 Å². The van der Waals surface area contributed by atoms with Gasteiger partial charge in [-0.3, -0.25) is 9.59 Å². The molecule has 0 radical (unpaired) electrons. The van der Waals surface area contributed by atoms with Crippen LogP contribution in [0.4, 0.5) is 0 Å². The third kappa shape index (κ3) is 3.54. The van der Waals surface area contributed by atoms with Crippen LogP contribution in [0.1, 0.15) is 36.0 Å². The average molecular weight is 440 g/mol. The summed E-state index contributed by atoms with van der Waals surface area (Å²) >= 11 is 0. The zero-order valence-electron chi connectivity index (χ0n) is 18.4. The van der Waals surface area contributed by atoms with Crippen LogP contribution < -0.4 is 0 Å². The van der Waals surface area contributed by atoms with E-state index in [0.717, 1.165) is 16.7 Å². The fourth-order valence-electron chi connectivity index (χ4n) is 5.21. The van der Waals surface area contributed by atoms with E-state index < -0.39 is 23.4 Å². The Morgan fingerprint density at radius 3 is 2.21 bits per heavy atom. The summed E-state index contributed by atoms with van der Waals surface area (Å²) in [5, 5.41) is 4.46. The van der Waals surface area contributed by atoms with Crippen LogP contribution >= 0.6 is 0 Å². The van der Waals surface area contributed by atoms with Crippen LogP contribution in [-0.2, 0) is 24.8 Å². The highest BCUT2D eigenvalue weighted by atomic mass is 16.7. The standard InChI is InChI=1S/C28H25NO4/c1-2-32-27(31)23-22(19-12-6-3-7-13-19)18-28(21-16-10-5-11-17-21)24(26(23)30)25(29-33-28)20-14-8-4-9-15-20/h3-17,22-24H,2,18H2,1H3/t22?,23?,24-,28+/m1/s1. The van der Waals surface area contributed by atoms with E-state index in [1.807, 2.05) is 91.0 Å². The number of oxime groups is 1. The summed E-state index contributed by atoms with van der Waals surface area (Å²) in [7, 11) is 0. The van der Waals surface area contributed by atoms with Crippen molar-refractivity contribution in [2.24, 2.45) is 17.0 Å². The monoisotopic (exact) mass is 439 g/mol. The van der Waals surface area contributed by atoms with E-state index in [2.05, 4.69) is 5.16 Å². The van der Waals surface area contributed by atoms with E-state index in [1.165, 1.54) is 0 Å². The average Bonchev–Trinajstić information content (AvgIpc) is 3.27. The van der Waals surface area contributed by atoms with E-state index >= 15 is 0 Å². The first-order valence-corrected chi connectivity index (χ1v) is 11.3. The van der Waals surface area contributed by atoms with Crippen LogP contribution in [0, 0.1) is 11.8 Å². The summed E-state index contributed by atoms with van der Waals surface area (Å²) in [4.78, 5) is 33.6. The summed E-state index contributed by atoms with van der Waals surface area (Å²) < 4.78 is 5.39. The van der Waals surface area contributed by atoms with Gasteiger partial charge in [-0.1, -0.05) is 96.2 Å². The van der Waals surface area contributed by atoms with Crippen molar-refractivity contribution < 1.29 is 19.2 Å². The van der Waals surface area contributed by atoms with Gasteiger partial charge in [0.2, 0.25) is 0 Å². The molecule has 166 valence electrons. The van der Waals surface area contributed by atoms with Crippen molar-refractivity contribution in [3.8, 4) is 0 Å². The first kappa shape index (κ1) is 21.1. The number of rotatable bonds is 5. The molecule has 0 amide bonds. The number of benzene rings is 3. The summed E-state index contributed by atoms with van der Waals surface area (Å²) in [5.74, 6) is -2.73. The molecular formula is C28H25NO4. The van der Waals surface area contributed by atoms with Crippen molar-refractivity contribution in [3.63, 3.8) is 0 Å². The van der Waals surface area contributed by atoms with Gasteiger partial charge in [0.05, 0.1) is 6.61 Å².